The van der Waals surface area contributed by atoms with Crippen LogP contribution in [-0.4, -0.2) is 16.2 Å². The van der Waals surface area contributed by atoms with E-state index >= 15 is 0 Å². The monoisotopic (exact) mass is 259 g/mol. The third-order valence-electron chi connectivity index (χ3n) is 3.09. The van der Waals surface area contributed by atoms with E-state index in [0.717, 1.165) is 35.8 Å². The minimum Gasteiger partial charge on any atom is -0.493 e. The Kier molecular flexibility index (Phi) is 4.10. The molecule has 19 heavy (non-hydrogen) atoms. The lowest BCUT2D eigenvalue weighted by Gasteiger charge is -2.09. The topological polar surface area (TPSA) is 53.1 Å². The SMILES string of the molecule is CCCn1c(C)nc(-c2ccccc2OCC)c1N. The van der Waals surface area contributed by atoms with Crippen LogP contribution in [0.3, 0.4) is 0 Å². The van der Waals surface area contributed by atoms with Gasteiger partial charge in [-0.05, 0) is 32.4 Å². The van der Waals surface area contributed by atoms with Gasteiger partial charge in [-0.3, -0.25) is 0 Å². The van der Waals surface area contributed by atoms with Gasteiger partial charge in [-0.2, -0.15) is 0 Å². The second kappa shape index (κ2) is 5.78. The molecule has 1 aromatic heterocycles. The fourth-order valence-electron chi connectivity index (χ4n) is 2.23. The number of nitrogens with zero attached hydrogens (tertiary/aromatic N) is 2. The van der Waals surface area contributed by atoms with Gasteiger partial charge in [-0.25, -0.2) is 4.98 Å². The van der Waals surface area contributed by atoms with E-state index in [4.69, 9.17) is 10.5 Å². The molecular weight excluding hydrogens is 238 g/mol. The van der Waals surface area contributed by atoms with Crippen molar-refractivity contribution in [2.45, 2.75) is 33.7 Å². The first-order valence-electron chi connectivity index (χ1n) is 6.73. The lowest BCUT2D eigenvalue weighted by Crippen LogP contribution is -2.04. The van der Waals surface area contributed by atoms with Gasteiger partial charge in [0.1, 0.15) is 23.1 Å². The van der Waals surface area contributed by atoms with E-state index in [9.17, 15) is 0 Å². The summed E-state index contributed by atoms with van der Waals surface area (Å²) in [7, 11) is 0. The van der Waals surface area contributed by atoms with Crippen LogP contribution in [0.25, 0.3) is 11.3 Å². The molecule has 2 aromatic rings. The minimum absolute atomic E-state index is 0.631. The van der Waals surface area contributed by atoms with Crippen molar-refractivity contribution >= 4 is 5.82 Å². The fourth-order valence-corrected chi connectivity index (χ4v) is 2.23. The summed E-state index contributed by atoms with van der Waals surface area (Å²) in [6, 6.07) is 7.89. The molecule has 0 bridgehead atoms. The summed E-state index contributed by atoms with van der Waals surface area (Å²) >= 11 is 0. The Morgan fingerprint density at radius 1 is 1.26 bits per heavy atom. The summed E-state index contributed by atoms with van der Waals surface area (Å²) < 4.78 is 7.70. The summed E-state index contributed by atoms with van der Waals surface area (Å²) in [5, 5.41) is 0. The van der Waals surface area contributed by atoms with Crippen molar-refractivity contribution in [3.63, 3.8) is 0 Å². The molecule has 0 aliphatic heterocycles. The van der Waals surface area contributed by atoms with Crippen molar-refractivity contribution in [3.8, 4) is 17.0 Å². The molecule has 4 heteroatoms. The number of hydrogen-bond donors (Lipinski definition) is 1. The Morgan fingerprint density at radius 3 is 2.68 bits per heavy atom. The second-order valence-electron chi connectivity index (χ2n) is 4.47. The zero-order chi connectivity index (χ0) is 13.8. The summed E-state index contributed by atoms with van der Waals surface area (Å²) in [5.74, 6) is 2.49. The third kappa shape index (κ3) is 2.57. The largest absolute Gasteiger partial charge is 0.493 e. The van der Waals surface area contributed by atoms with Crippen LogP contribution in [0.5, 0.6) is 5.75 Å². The maximum absolute atomic E-state index is 6.23. The molecule has 0 saturated carbocycles. The van der Waals surface area contributed by atoms with E-state index in [2.05, 4.69) is 16.5 Å². The molecule has 4 nitrogen and oxygen atoms in total. The number of nitrogens with two attached hydrogens (primary N) is 1. The number of imidazole rings is 1. The number of para-hydroxylation sites is 1. The molecule has 0 saturated heterocycles. The molecule has 2 N–H and O–H groups in total. The first-order valence-corrected chi connectivity index (χ1v) is 6.73. The normalized spacial score (nSPS) is 10.7. The Labute approximate surface area is 114 Å². The van der Waals surface area contributed by atoms with Crippen LogP contribution in [0.1, 0.15) is 26.1 Å². The highest BCUT2D eigenvalue weighted by Crippen LogP contribution is 2.33. The molecule has 0 aliphatic rings. The third-order valence-corrected chi connectivity index (χ3v) is 3.09. The first kappa shape index (κ1) is 13.5. The summed E-state index contributed by atoms with van der Waals surface area (Å²) in [6.45, 7) is 7.61. The number of hydrogen-bond acceptors (Lipinski definition) is 3. The van der Waals surface area contributed by atoms with Gasteiger partial charge in [0.25, 0.3) is 0 Å². The number of ether oxygens (including phenoxy) is 1. The minimum atomic E-state index is 0.631. The highest BCUT2D eigenvalue weighted by molar-refractivity contribution is 5.76. The van der Waals surface area contributed by atoms with Gasteiger partial charge >= 0.3 is 0 Å². The van der Waals surface area contributed by atoms with Crippen molar-refractivity contribution in [1.29, 1.82) is 0 Å². The Morgan fingerprint density at radius 2 is 2.00 bits per heavy atom. The zero-order valence-electron chi connectivity index (χ0n) is 11.8. The van der Waals surface area contributed by atoms with Gasteiger partial charge in [0.15, 0.2) is 0 Å². The predicted octanol–water partition coefficient (Wildman–Crippen LogP) is 3.25. The van der Waals surface area contributed by atoms with E-state index in [-0.39, 0.29) is 0 Å². The van der Waals surface area contributed by atoms with Crippen molar-refractivity contribution in [3.05, 3.63) is 30.1 Å². The first-order chi connectivity index (χ1) is 9.19. The van der Waals surface area contributed by atoms with Crippen molar-refractivity contribution in [1.82, 2.24) is 9.55 Å². The average Bonchev–Trinajstić information content (AvgIpc) is 2.68. The molecule has 102 valence electrons. The molecule has 2 rings (SSSR count). The van der Waals surface area contributed by atoms with Gasteiger partial charge < -0.3 is 15.0 Å². The maximum Gasteiger partial charge on any atom is 0.131 e. The lowest BCUT2D eigenvalue weighted by atomic mass is 10.1. The number of nitrogen functional groups attached to an aromatic ring is 1. The number of benzene rings is 1. The second-order valence-corrected chi connectivity index (χ2v) is 4.47. The summed E-state index contributed by atoms with van der Waals surface area (Å²) in [4.78, 5) is 4.60. The van der Waals surface area contributed by atoms with Crippen LogP contribution >= 0.6 is 0 Å². The van der Waals surface area contributed by atoms with Crippen LogP contribution in [0.2, 0.25) is 0 Å². The number of aryl methyl sites for hydroxylation is 1. The Hall–Kier alpha value is -1.97. The summed E-state index contributed by atoms with van der Waals surface area (Å²) in [6.07, 6.45) is 1.04. The Balaban J connectivity index is 2.50. The van der Waals surface area contributed by atoms with Crippen LogP contribution < -0.4 is 10.5 Å². The van der Waals surface area contributed by atoms with Crippen molar-refractivity contribution in [2.75, 3.05) is 12.3 Å². The molecular formula is C15H21N3O. The van der Waals surface area contributed by atoms with Crippen LogP contribution in [0, 0.1) is 6.92 Å². The highest BCUT2D eigenvalue weighted by Gasteiger charge is 2.16. The molecule has 0 atom stereocenters. The van der Waals surface area contributed by atoms with Gasteiger partial charge in [0.2, 0.25) is 0 Å². The standard InChI is InChI=1S/C15H21N3O/c1-4-10-18-11(3)17-14(15(18)16)12-8-6-7-9-13(12)19-5-2/h6-9H,4-5,10,16H2,1-3H3. The quantitative estimate of drug-likeness (QED) is 0.896. The predicted molar refractivity (Wildman–Crippen MR) is 78.3 cm³/mol. The van der Waals surface area contributed by atoms with Crippen molar-refractivity contribution in [2.24, 2.45) is 0 Å². The van der Waals surface area contributed by atoms with E-state index < -0.39 is 0 Å². The zero-order valence-corrected chi connectivity index (χ0v) is 11.8. The van der Waals surface area contributed by atoms with Crippen LogP contribution in [0.4, 0.5) is 5.82 Å². The van der Waals surface area contributed by atoms with Gasteiger partial charge in [-0.1, -0.05) is 19.1 Å². The number of aromatic nitrogens is 2. The smallest absolute Gasteiger partial charge is 0.131 e. The highest BCUT2D eigenvalue weighted by atomic mass is 16.5. The van der Waals surface area contributed by atoms with E-state index in [1.54, 1.807) is 0 Å². The van der Waals surface area contributed by atoms with E-state index in [1.807, 2.05) is 38.1 Å². The lowest BCUT2D eigenvalue weighted by molar-refractivity contribution is 0.341. The Bertz CT molecular complexity index is 561. The maximum atomic E-state index is 6.23. The number of rotatable bonds is 5. The molecule has 1 aromatic carbocycles. The molecule has 0 spiro atoms. The van der Waals surface area contributed by atoms with E-state index in [0.29, 0.717) is 12.4 Å². The molecule has 0 aliphatic carbocycles. The molecule has 0 fully saturated rings. The van der Waals surface area contributed by atoms with Gasteiger partial charge in [0, 0.05) is 12.1 Å². The van der Waals surface area contributed by atoms with Crippen molar-refractivity contribution < 1.29 is 4.74 Å². The molecule has 0 amide bonds. The number of anilines is 1. The summed E-state index contributed by atoms with van der Waals surface area (Å²) in [5.41, 5.74) is 8.01. The van der Waals surface area contributed by atoms with Gasteiger partial charge in [0.05, 0.1) is 6.61 Å². The van der Waals surface area contributed by atoms with Crippen LogP contribution in [-0.2, 0) is 6.54 Å². The molecule has 0 radical (unpaired) electrons. The fraction of sp³-hybridized carbons (Fsp3) is 0.400. The average molecular weight is 259 g/mol. The van der Waals surface area contributed by atoms with Crippen LogP contribution in [0.15, 0.2) is 24.3 Å². The van der Waals surface area contributed by atoms with E-state index in [1.165, 1.54) is 0 Å². The molecule has 0 unspecified atom stereocenters. The van der Waals surface area contributed by atoms with Gasteiger partial charge in [-0.15, -0.1) is 0 Å². The molecule has 1 heterocycles.